The molecule has 0 spiro atoms. The van der Waals surface area contributed by atoms with Gasteiger partial charge in [-0.15, -0.1) is 0 Å². The number of hydrogen-bond acceptors (Lipinski definition) is 4. The number of nitrogens with zero attached hydrogens (tertiary/aromatic N) is 1. The standard InChI is InChI=1S/C10H11N3O3/c11-4-9(14)6-2-1-3-7-10(6)8(5-12-7)13(15)16/h1-3,5,9,12,14H,4,11H2. The maximum Gasteiger partial charge on any atom is 0.294 e. The predicted molar refractivity (Wildman–Crippen MR) is 59.0 cm³/mol. The molecule has 0 saturated carbocycles. The number of nitrogens with one attached hydrogen (secondary N) is 1. The molecule has 0 bridgehead atoms. The Balaban J connectivity index is 2.73. The Labute approximate surface area is 90.8 Å². The molecule has 6 heteroatoms. The van der Waals surface area contributed by atoms with Crippen molar-refractivity contribution >= 4 is 16.6 Å². The number of aromatic nitrogens is 1. The number of fused-ring (bicyclic) bond motifs is 1. The Morgan fingerprint density at radius 2 is 2.31 bits per heavy atom. The van der Waals surface area contributed by atoms with Gasteiger partial charge in [0.2, 0.25) is 0 Å². The molecule has 0 saturated heterocycles. The number of H-pyrrole nitrogens is 1. The Morgan fingerprint density at radius 1 is 1.56 bits per heavy atom. The maximum atomic E-state index is 10.8. The molecule has 1 heterocycles. The van der Waals surface area contributed by atoms with E-state index in [0.29, 0.717) is 16.5 Å². The van der Waals surface area contributed by atoms with E-state index in [9.17, 15) is 15.2 Å². The second-order valence-electron chi connectivity index (χ2n) is 3.45. The maximum absolute atomic E-state index is 10.8. The van der Waals surface area contributed by atoms with E-state index < -0.39 is 11.0 Å². The quantitative estimate of drug-likeness (QED) is 0.532. The molecule has 0 aliphatic carbocycles. The zero-order chi connectivity index (χ0) is 11.7. The van der Waals surface area contributed by atoms with Gasteiger partial charge < -0.3 is 15.8 Å². The lowest BCUT2D eigenvalue weighted by atomic mass is 10.0. The van der Waals surface area contributed by atoms with Crippen LogP contribution in [-0.2, 0) is 0 Å². The van der Waals surface area contributed by atoms with E-state index in [-0.39, 0.29) is 12.2 Å². The Bertz CT molecular complexity index is 535. The van der Waals surface area contributed by atoms with Crippen LogP contribution in [0.25, 0.3) is 10.9 Å². The van der Waals surface area contributed by atoms with Gasteiger partial charge in [-0.1, -0.05) is 12.1 Å². The van der Waals surface area contributed by atoms with E-state index in [4.69, 9.17) is 5.73 Å². The highest BCUT2D eigenvalue weighted by Crippen LogP contribution is 2.31. The minimum atomic E-state index is -0.891. The zero-order valence-electron chi connectivity index (χ0n) is 8.38. The third kappa shape index (κ3) is 1.54. The SMILES string of the molecule is NCC(O)c1cccc2[nH]cc([N+](=O)[O-])c12. The van der Waals surface area contributed by atoms with Crippen molar-refractivity contribution in [3.63, 3.8) is 0 Å². The normalized spacial score (nSPS) is 12.9. The topological polar surface area (TPSA) is 105 Å². The first kappa shape index (κ1) is 10.6. The molecular weight excluding hydrogens is 210 g/mol. The molecule has 16 heavy (non-hydrogen) atoms. The molecule has 1 aromatic carbocycles. The van der Waals surface area contributed by atoms with Crippen molar-refractivity contribution in [2.45, 2.75) is 6.10 Å². The first-order valence-corrected chi connectivity index (χ1v) is 4.77. The molecule has 0 radical (unpaired) electrons. The van der Waals surface area contributed by atoms with Gasteiger partial charge in [0.1, 0.15) is 0 Å². The van der Waals surface area contributed by atoms with Gasteiger partial charge in [0.25, 0.3) is 5.69 Å². The van der Waals surface area contributed by atoms with Crippen LogP contribution >= 0.6 is 0 Å². The van der Waals surface area contributed by atoms with Crippen molar-refractivity contribution < 1.29 is 10.0 Å². The van der Waals surface area contributed by atoms with E-state index in [1.54, 1.807) is 18.2 Å². The van der Waals surface area contributed by atoms with Crippen molar-refractivity contribution in [3.05, 3.63) is 40.1 Å². The number of rotatable bonds is 3. The van der Waals surface area contributed by atoms with Gasteiger partial charge in [0, 0.05) is 6.54 Å². The summed E-state index contributed by atoms with van der Waals surface area (Å²) in [7, 11) is 0. The van der Waals surface area contributed by atoms with Crippen LogP contribution in [-0.4, -0.2) is 21.6 Å². The zero-order valence-corrected chi connectivity index (χ0v) is 8.38. The molecule has 84 valence electrons. The highest BCUT2D eigenvalue weighted by atomic mass is 16.6. The van der Waals surface area contributed by atoms with Crippen molar-refractivity contribution in [1.82, 2.24) is 4.98 Å². The summed E-state index contributed by atoms with van der Waals surface area (Å²) >= 11 is 0. The predicted octanol–water partition coefficient (Wildman–Crippen LogP) is 1.07. The third-order valence-corrected chi connectivity index (χ3v) is 2.50. The minimum absolute atomic E-state index is 0.0292. The van der Waals surface area contributed by atoms with Gasteiger partial charge in [0.05, 0.1) is 28.1 Å². The summed E-state index contributed by atoms with van der Waals surface area (Å²) in [6.45, 7) is 0.0292. The molecule has 6 nitrogen and oxygen atoms in total. The van der Waals surface area contributed by atoms with Crippen LogP contribution in [0.15, 0.2) is 24.4 Å². The number of aromatic amines is 1. The lowest BCUT2D eigenvalue weighted by Crippen LogP contribution is -2.11. The van der Waals surface area contributed by atoms with Crippen LogP contribution in [0.2, 0.25) is 0 Å². The second-order valence-corrected chi connectivity index (χ2v) is 3.45. The number of benzene rings is 1. The van der Waals surface area contributed by atoms with Crippen molar-refractivity contribution in [2.75, 3.05) is 6.54 Å². The van der Waals surface area contributed by atoms with Crippen molar-refractivity contribution in [2.24, 2.45) is 5.73 Å². The second kappa shape index (κ2) is 3.92. The van der Waals surface area contributed by atoms with Gasteiger partial charge in [-0.2, -0.15) is 0 Å². The highest BCUT2D eigenvalue weighted by molar-refractivity contribution is 5.92. The smallest absolute Gasteiger partial charge is 0.294 e. The van der Waals surface area contributed by atoms with Gasteiger partial charge in [0.15, 0.2) is 0 Å². The number of aliphatic hydroxyl groups is 1. The third-order valence-electron chi connectivity index (χ3n) is 2.50. The Hall–Kier alpha value is -1.92. The lowest BCUT2D eigenvalue weighted by Gasteiger charge is -2.08. The van der Waals surface area contributed by atoms with Gasteiger partial charge in [-0.05, 0) is 11.6 Å². The summed E-state index contributed by atoms with van der Waals surface area (Å²) in [5.74, 6) is 0. The average Bonchev–Trinajstić information content (AvgIpc) is 2.71. The molecule has 4 N–H and O–H groups in total. The summed E-state index contributed by atoms with van der Waals surface area (Å²) in [5, 5.41) is 20.9. The number of aliphatic hydroxyl groups excluding tert-OH is 1. The molecular formula is C10H11N3O3. The van der Waals surface area contributed by atoms with Crippen molar-refractivity contribution in [3.8, 4) is 0 Å². The number of hydrogen-bond donors (Lipinski definition) is 3. The van der Waals surface area contributed by atoms with Crippen LogP contribution in [0.5, 0.6) is 0 Å². The highest BCUT2D eigenvalue weighted by Gasteiger charge is 2.20. The first-order valence-electron chi connectivity index (χ1n) is 4.77. The van der Waals surface area contributed by atoms with Crippen molar-refractivity contribution in [1.29, 1.82) is 0 Å². The van der Waals surface area contributed by atoms with Gasteiger partial charge >= 0.3 is 0 Å². The van der Waals surface area contributed by atoms with Crippen LogP contribution in [0.3, 0.4) is 0 Å². The van der Waals surface area contributed by atoms with E-state index in [2.05, 4.69) is 4.98 Å². The van der Waals surface area contributed by atoms with Crippen LogP contribution in [0.4, 0.5) is 5.69 Å². The minimum Gasteiger partial charge on any atom is -0.387 e. The van der Waals surface area contributed by atoms with Gasteiger partial charge in [-0.25, -0.2) is 0 Å². The van der Waals surface area contributed by atoms with Crippen LogP contribution in [0, 0.1) is 10.1 Å². The van der Waals surface area contributed by atoms with Gasteiger partial charge in [-0.3, -0.25) is 10.1 Å². The average molecular weight is 221 g/mol. The molecule has 2 aromatic rings. The van der Waals surface area contributed by atoms with E-state index in [0.717, 1.165) is 0 Å². The first-order chi connectivity index (χ1) is 7.65. The Kier molecular flexibility index (Phi) is 2.59. The molecule has 1 unspecified atom stereocenters. The van der Waals surface area contributed by atoms with Crippen LogP contribution in [0.1, 0.15) is 11.7 Å². The fraction of sp³-hybridized carbons (Fsp3) is 0.200. The molecule has 0 amide bonds. The fourth-order valence-corrected chi connectivity index (χ4v) is 1.74. The molecule has 1 atom stereocenters. The molecule has 0 fully saturated rings. The summed E-state index contributed by atoms with van der Waals surface area (Å²) in [6, 6.07) is 5.08. The molecule has 1 aromatic heterocycles. The lowest BCUT2D eigenvalue weighted by molar-refractivity contribution is -0.383. The summed E-state index contributed by atoms with van der Waals surface area (Å²) < 4.78 is 0. The molecule has 0 aliphatic rings. The van der Waals surface area contributed by atoms with E-state index in [1.807, 2.05) is 0 Å². The summed E-state index contributed by atoms with van der Waals surface area (Å²) in [4.78, 5) is 13.1. The van der Waals surface area contributed by atoms with E-state index in [1.165, 1.54) is 6.20 Å². The fourth-order valence-electron chi connectivity index (χ4n) is 1.74. The number of nitrogens with two attached hydrogens (primary N) is 1. The summed E-state index contributed by atoms with van der Waals surface area (Å²) in [5.41, 5.74) is 6.42. The summed E-state index contributed by atoms with van der Waals surface area (Å²) in [6.07, 6.45) is 0.426. The Morgan fingerprint density at radius 3 is 2.94 bits per heavy atom. The van der Waals surface area contributed by atoms with E-state index >= 15 is 0 Å². The monoisotopic (exact) mass is 221 g/mol. The largest absolute Gasteiger partial charge is 0.387 e. The van der Waals surface area contributed by atoms with Crippen LogP contribution < -0.4 is 5.73 Å². The molecule has 0 aliphatic heterocycles. The number of nitro groups is 1. The molecule has 2 rings (SSSR count).